The summed E-state index contributed by atoms with van der Waals surface area (Å²) in [4.78, 5) is 22.0. The first kappa shape index (κ1) is 20.4. The lowest BCUT2D eigenvalue weighted by atomic mass is 10.2. The van der Waals surface area contributed by atoms with Crippen molar-refractivity contribution in [3.63, 3.8) is 0 Å². The zero-order valence-electron chi connectivity index (χ0n) is 15.3. The number of carbonyl (C=O) groups is 1. The number of aliphatic imine (C=N–C) groups is 1. The van der Waals surface area contributed by atoms with Gasteiger partial charge in [-0.1, -0.05) is 13.8 Å². The van der Waals surface area contributed by atoms with Gasteiger partial charge in [0.05, 0.1) is 5.01 Å². The minimum absolute atomic E-state index is 0.0718. The average molecular weight is 354 g/mol. The first-order valence-corrected chi connectivity index (χ1v) is 9.65. The van der Waals surface area contributed by atoms with Gasteiger partial charge in [0.2, 0.25) is 5.91 Å². The Morgan fingerprint density at radius 1 is 1.33 bits per heavy atom. The molecule has 0 spiro atoms. The zero-order chi connectivity index (χ0) is 17.8. The molecule has 1 rings (SSSR count). The molecule has 6 nitrogen and oxygen atoms in total. The molecule has 1 heterocycles. The number of amides is 1. The van der Waals surface area contributed by atoms with Crippen LogP contribution in [-0.2, 0) is 17.6 Å². The summed E-state index contributed by atoms with van der Waals surface area (Å²) in [5.41, 5.74) is 0. The van der Waals surface area contributed by atoms with E-state index in [1.54, 1.807) is 11.3 Å². The molecule has 0 aromatic carbocycles. The molecule has 1 atom stereocenters. The van der Waals surface area contributed by atoms with Gasteiger partial charge in [0.25, 0.3) is 0 Å². The summed E-state index contributed by atoms with van der Waals surface area (Å²) in [6.45, 7) is 10.3. The number of aromatic nitrogens is 1. The number of nitrogens with one attached hydrogen (secondary N) is 3. The standard InChI is InChI=1S/C17H31N5OS/c1-5-13(4)22-15(23)8-10-19-17(18-7-3)20-11-9-16-21-12-14(6-2)24-16/h12-13H,5-11H2,1-4H3,(H,22,23)(H2,18,19,20). The van der Waals surface area contributed by atoms with Crippen LogP contribution in [0, 0.1) is 0 Å². The number of hydrogen-bond acceptors (Lipinski definition) is 4. The Morgan fingerprint density at radius 2 is 2.12 bits per heavy atom. The number of thiazole rings is 1. The Balaban J connectivity index is 2.35. The summed E-state index contributed by atoms with van der Waals surface area (Å²) in [5.74, 6) is 0.823. The Kier molecular flexibility index (Phi) is 10.1. The van der Waals surface area contributed by atoms with Crippen LogP contribution < -0.4 is 16.0 Å². The monoisotopic (exact) mass is 353 g/mol. The molecule has 0 saturated heterocycles. The van der Waals surface area contributed by atoms with Gasteiger partial charge in [-0.3, -0.25) is 9.79 Å². The van der Waals surface area contributed by atoms with E-state index in [1.165, 1.54) is 4.88 Å². The van der Waals surface area contributed by atoms with E-state index in [0.717, 1.165) is 36.8 Å². The maximum atomic E-state index is 11.8. The second kappa shape index (κ2) is 11.8. The molecule has 3 N–H and O–H groups in total. The zero-order valence-corrected chi connectivity index (χ0v) is 16.1. The molecule has 1 aromatic heterocycles. The largest absolute Gasteiger partial charge is 0.357 e. The molecular formula is C17H31N5OS. The molecule has 0 aliphatic heterocycles. The van der Waals surface area contributed by atoms with Crippen molar-refractivity contribution >= 4 is 23.2 Å². The van der Waals surface area contributed by atoms with Crippen LogP contribution in [0.3, 0.4) is 0 Å². The summed E-state index contributed by atoms with van der Waals surface area (Å²) in [5, 5.41) is 10.5. The fourth-order valence-electron chi connectivity index (χ4n) is 1.98. The molecule has 0 saturated carbocycles. The maximum Gasteiger partial charge on any atom is 0.221 e. The molecule has 136 valence electrons. The smallest absolute Gasteiger partial charge is 0.221 e. The quantitative estimate of drug-likeness (QED) is 0.445. The van der Waals surface area contributed by atoms with Crippen LogP contribution in [0.2, 0.25) is 0 Å². The van der Waals surface area contributed by atoms with Gasteiger partial charge in [-0.15, -0.1) is 11.3 Å². The van der Waals surface area contributed by atoms with Gasteiger partial charge in [-0.25, -0.2) is 4.98 Å². The highest BCUT2D eigenvalue weighted by Gasteiger charge is 2.06. The van der Waals surface area contributed by atoms with E-state index in [1.807, 2.05) is 20.0 Å². The van der Waals surface area contributed by atoms with Crippen molar-refractivity contribution in [3.05, 3.63) is 16.1 Å². The highest BCUT2D eigenvalue weighted by atomic mass is 32.1. The van der Waals surface area contributed by atoms with Gasteiger partial charge in [-0.05, 0) is 26.7 Å². The number of aryl methyl sites for hydroxylation is 1. The predicted octanol–water partition coefficient (Wildman–Crippen LogP) is 2.11. The van der Waals surface area contributed by atoms with E-state index in [4.69, 9.17) is 0 Å². The van der Waals surface area contributed by atoms with Crippen LogP contribution in [-0.4, -0.2) is 42.5 Å². The van der Waals surface area contributed by atoms with Gasteiger partial charge < -0.3 is 16.0 Å². The molecule has 1 unspecified atom stereocenters. The van der Waals surface area contributed by atoms with Crippen molar-refractivity contribution < 1.29 is 4.79 Å². The lowest BCUT2D eigenvalue weighted by Gasteiger charge is -2.13. The van der Waals surface area contributed by atoms with Gasteiger partial charge in [-0.2, -0.15) is 0 Å². The molecule has 0 aliphatic rings. The molecule has 1 aromatic rings. The van der Waals surface area contributed by atoms with E-state index >= 15 is 0 Å². The summed E-state index contributed by atoms with van der Waals surface area (Å²) < 4.78 is 0. The second-order valence-electron chi connectivity index (χ2n) is 5.64. The number of carbonyl (C=O) groups excluding carboxylic acids is 1. The third kappa shape index (κ3) is 8.29. The predicted molar refractivity (Wildman–Crippen MR) is 102 cm³/mol. The molecule has 24 heavy (non-hydrogen) atoms. The van der Waals surface area contributed by atoms with Crippen LogP contribution in [0.25, 0.3) is 0 Å². The second-order valence-corrected chi connectivity index (χ2v) is 6.84. The summed E-state index contributed by atoms with van der Waals surface area (Å²) >= 11 is 1.75. The molecule has 0 radical (unpaired) electrons. The van der Waals surface area contributed by atoms with Crippen LogP contribution in [0.15, 0.2) is 11.2 Å². The number of rotatable bonds is 10. The first-order chi connectivity index (χ1) is 11.6. The molecular weight excluding hydrogens is 322 g/mol. The highest BCUT2D eigenvalue weighted by molar-refractivity contribution is 7.11. The van der Waals surface area contributed by atoms with E-state index in [9.17, 15) is 4.79 Å². The summed E-state index contributed by atoms with van der Waals surface area (Å²) in [6.07, 6.45) is 5.21. The van der Waals surface area contributed by atoms with E-state index in [0.29, 0.717) is 19.5 Å². The molecule has 7 heteroatoms. The van der Waals surface area contributed by atoms with E-state index < -0.39 is 0 Å². The van der Waals surface area contributed by atoms with Crippen LogP contribution in [0.4, 0.5) is 0 Å². The molecule has 0 aliphatic carbocycles. The SMILES string of the molecule is CCNC(=NCCc1ncc(CC)s1)NCCC(=O)NC(C)CC. The van der Waals surface area contributed by atoms with Crippen molar-refractivity contribution in [2.45, 2.75) is 59.4 Å². The number of nitrogens with zero attached hydrogens (tertiary/aromatic N) is 2. The van der Waals surface area contributed by atoms with Crippen molar-refractivity contribution in [1.82, 2.24) is 20.9 Å². The minimum atomic E-state index is 0.0718. The Morgan fingerprint density at radius 3 is 2.75 bits per heavy atom. The average Bonchev–Trinajstić information content (AvgIpc) is 3.02. The summed E-state index contributed by atoms with van der Waals surface area (Å²) in [6, 6.07) is 0.228. The highest BCUT2D eigenvalue weighted by Crippen LogP contribution is 2.13. The molecule has 0 bridgehead atoms. The van der Waals surface area contributed by atoms with Gasteiger partial charge >= 0.3 is 0 Å². The third-order valence-electron chi connectivity index (χ3n) is 3.55. The van der Waals surface area contributed by atoms with Gasteiger partial charge in [0, 0.05) is 49.6 Å². The van der Waals surface area contributed by atoms with Crippen LogP contribution in [0.1, 0.15) is 50.4 Å². The minimum Gasteiger partial charge on any atom is -0.357 e. The van der Waals surface area contributed by atoms with Crippen molar-refractivity contribution in [3.8, 4) is 0 Å². The van der Waals surface area contributed by atoms with Crippen molar-refractivity contribution in [2.75, 3.05) is 19.6 Å². The Hall–Kier alpha value is -1.63. The van der Waals surface area contributed by atoms with Crippen molar-refractivity contribution in [2.24, 2.45) is 4.99 Å². The fourth-order valence-corrected chi connectivity index (χ4v) is 2.83. The van der Waals surface area contributed by atoms with Gasteiger partial charge in [0.1, 0.15) is 0 Å². The first-order valence-electron chi connectivity index (χ1n) is 8.84. The Labute approximate surface area is 149 Å². The maximum absolute atomic E-state index is 11.8. The number of guanidine groups is 1. The van der Waals surface area contributed by atoms with E-state index in [2.05, 4.69) is 39.8 Å². The lowest BCUT2D eigenvalue weighted by molar-refractivity contribution is -0.121. The number of hydrogen-bond donors (Lipinski definition) is 3. The normalized spacial score (nSPS) is 12.8. The van der Waals surface area contributed by atoms with Crippen LogP contribution in [0.5, 0.6) is 0 Å². The van der Waals surface area contributed by atoms with Crippen LogP contribution >= 0.6 is 11.3 Å². The molecule has 0 fully saturated rings. The fraction of sp³-hybridized carbons (Fsp3) is 0.706. The summed E-state index contributed by atoms with van der Waals surface area (Å²) in [7, 11) is 0. The topological polar surface area (TPSA) is 78.4 Å². The third-order valence-corrected chi connectivity index (χ3v) is 4.76. The van der Waals surface area contributed by atoms with Gasteiger partial charge in [0.15, 0.2) is 5.96 Å². The van der Waals surface area contributed by atoms with E-state index in [-0.39, 0.29) is 11.9 Å². The van der Waals surface area contributed by atoms with Crippen molar-refractivity contribution in [1.29, 1.82) is 0 Å². The molecule has 1 amide bonds. The lowest BCUT2D eigenvalue weighted by Crippen LogP contribution is -2.40. The Bertz CT molecular complexity index is 515.